The number of amides is 2. The van der Waals surface area contributed by atoms with Crippen molar-refractivity contribution in [2.45, 2.75) is 40.5 Å². The number of benzene rings is 1. The van der Waals surface area contributed by atoms with Crippen molar-refractivity contribution in [1.82, 2.24) is 15.2 Å². The van der Waals surface area contributed by atoms with Gasteiger partial charge in [-0.15, -0.1) is 0 Å². The smallest absolute Gasteiger partial charge is 0.256 e. The molecule has 0 spiro atoms. The van der Waals surface area contributed by atoms with Gasteiger partial charge in [0.15, 0.2) is 5.78 Å². The van der Waals surface area contributed by atoms with E-state index in [1.54, 1.807) is 19.9 Å². The second-order valence-corrected chi connectivity index (χ2v) is 8.22. The first-order valence-electron chi connectivity index (χ1n) is 11.3. The molecule has 0 bridgehead atoms. The van der Waals surface area contributed by atoms with Gasteiger partial charge in [0.1, 0.15) is 5.82 Å². The summed E-state index contributed by atoms with van der Waals surface area (Å²) in [6.45, 7) is 10.5. The zero-order chi connectivity index (χ0) is 24.1. The topological polar surface area (TPSA) is 94.3 Å². The van der Waals surface area contributed by atoms with E-state index in [1.165, 1.54) is 18.2 Å². The number of halogens is 1. The normalized spacial score (nSPS) is 14.0. The summed E-state index contributed by atoms with van der Waals surface area (Å²) in [5.74, 6) is -1.11. The van der Waals surface area contributed by atoms with E-state index in [1.807, 2.05) is 0 Å². The first kappa shape index (κ1) is 24.4. The lowest BCUT2D eigenvalue weighted by Gasteiger charge is -2.17. The van der Waals surface area contributed by atoms with Crippen LogP contribution in [0.4, 0.5) is 10.1 Å². The van der Waals surface area contributed by atoms with Crippen molar-refractivity contribution >= 4 is 34.9 Å². The molecule has 1 aliphatic heterocycles. The Morgan fingerprint density at radius 3 is 2.61 bits per heavy atom. The highest BCUT2D eigenvalue weighted by Gasteiger charge is 2.26. The largest absolute Gasteiger partial charge is 0.358 e. The number of carbonyl (C=O) groups excluding carboxylic acids is 3. The van der Waals surface area contributed by atoms with E-state index in [-0.39, 0.29) is 24.1 Å². The number of Topliss-reactive ketones (excluding diaryl/α,β-unsaturated/α-hetero) is 1. The van der Waals surface area contributed by atoms with E-state index >= 15 is 0 Å². The Bertz CT molecular complexity index is 1100. The number of aromatic nitrogens is 1. The number of carbonyl (C=O) groups is 3. The zero-order valence-corrected chi connectivity index (χ0v) is 19.6. The number of rotatable bonds is 10. The van der Waals surface area contributed by atoms with E-state index in [0.717, 1.165) is 26.1 Å². The summed E-state index contributed by atoms with van der Waals surface area (Å²) < 4.78 is 13.7. The maximum Gasteiger partial charge on any atom is 0.256 e. The summed E-state index contributed by atoms with van der Waals surface area (Å²) in [6, 6.07) is 4.12. The summed E-state index contributed by atoms with van der Waals surface area (Å²) in [5.41, 5.74) is 3.66. The van der Waals surface area contributed by atoms with Gasteiger partial charge in [0.2, 0.25) is 0 Å². The first-order chi connectivity index (χ1) is 15.7. The minimum Gasteiger partial charge on any atom is -0.358 e. The molecular weight excluding hydrogens is 423 g/mol. The Balaban J connectivity index is 1.68. The summed E-state index contributed by atoms with van der Waals surface area (Å²) in [4.78, 5) is 42.8. The van der Waals surface area contributed by atoms with Crippen LogP contribution < -0.4 is 10.6 Å². The number of ketones is 1. The fraction of sp³-hybridized carbons (Fsp3) is 0.400. The molecule has 0 saturated heterocycles. The monoisotopic (exact) mass is 454 g/mol. The average molecular weight is 455 g/mol. The van der Waals surface area contributed by atoms with E-state index in [9.17, 15) is 18.8 Å². The molecule has 1 aromatic carbocycles. The Hall–Kier alpha value is -3.26. The molecule has 176 valence electrons. The van der Waals surface area contributed by atoms with Crippen LogP contribution in [-0.4, -0.2) is 53.7 Å². The van der Waals surface area contributed by atoms with Crippen LogP contribution in [0.2, 0.25) is 0 Å². The van der Waals surface area contributed by atoms with Crippen LogP contribution in [0.1, 0.15) is 59.6 Å². The number of hydrogen-bond acceptors (Lipinski definition) is 4. The van der Waals surface area contributed by atoms with E-state index < -0.39 is 5.82 Å². The lowest BCUT2D eigenvalue weighted by molar-refractivity contribution is -0.118. The van der Waals surface area contributed by atoms with E-state index in [4.69, 9.17) is 0 Å². The van der Waals surface area contributed by atoms with Gasteiger partial charge in [-0.3, -0.25) is 14.4 Å². The minimum atomic E-state index is -0.433. The number of fused-ring (bicyclic) bond motifs is 1. The molecule has 8 heteroatoms. The Kier molecular flexibility index (Phi) is 7.81. The average Bonchev–Trinajstić information content (AvgIpc) is 3.24. The molecule has 1 aliphatic rings. The van der Waals surface area contributed by atoms with Crippen LogP contribution in [0.25, 0.3) is 11.6 Å². The van der Waals surface area contributed by atoms with E-state index in [0.29, 0.717) is 45.8 Å². The highest BCUT2D eigenvalue weighted by molar-refractivity contribution is 6.34. The van der Waals surface area contributed by atoms with Crippen LogP contribution in [0.3, 0.4) is 0 Å². The Morgan fingerprint density at radius 2 is 1.91 bits per heavy atom. The number of nitrogens with zero attached hydrogens (tertiary/aromatic N) is 1. The Morgan fingerprint density at radius 1 is 1.18 bits per heavy atom. The minimum absolute atomic E-state index is 0.00931. The summed E-state index contributed by atoms with van der Waals surface area (Å²) in [6.07, 6.45) is 2.81. The molecule has 33 heavy (non-hydrogen) atoms. The van der Waals surface area contributed by atoms with Gasteiger partial charge in [0, 0.05) is 29.1 Å². The standard InChI is InChI=1S/C25H31FN4O3/c1-5-30(6-2)11-7-8-18(31)14-27-25(33)23-15(3)22(28-16(23)4)13-20-19-12-17(26)9-10-21(19)29-24(20)32/h9-10,12-13,28H,5-8,11,14H2,1-4H3,(H,27,33)(H,29,32)/b20-13-. The van der Waals surface area contributed by atoms with Crippen LogP contribution in [0.15, 0.2) is 18.2 Å². The number of hydrogen-bond donors (Lipinski definition) is 3. The third-order valence-corrected chi connectivity index (χ3v) is 6.03. The van der Waals surface area contributed by atoms with Crippen molar-refractivity contribution < 1.29 is 18.8 Å². The molecule has 0 fully saturated rings. The zero-order valence-electron chi connectivity index (χ0n) is 19.6. The molecule has 2 aromatic rings. The highest BCUT2D eigenvalue weighted by Crippen LogP contribution is 2.34. The number of aromatic amines is 1. The predicted octanol–water partition coefficient (Wildman–Crippen LogP) is 3.68. The van der Waals surface area contributed by atoms with Crippen molar-refractivity contribution in [3.05, 3.63) is 52.1 Å². The molecular formula is C25H31FN4O3. The molecule has 0 atom stereocenters. The van der Waals surface area contributed by atoms with E-state index in [2.05, 4.69) is 34.4 Å². The van der Waals surface area contributed by atoms with Gasteiger partial charge >= 0.3 is 0 Å². The van der Waals surface area contributed by atoms with Crippen LogP contribution in [-0.2, 0) is 9.59 Å². The molecule has 0 aliphatic carbocycles. The van der Waals surface area contributed by atoms with Crippen LogP contribution in [0.5, 0.6) is 0 Å². The fourth-order valence-corrected chi connectivity index (χ4v) is 4.10. The lowest BCUT2D eigenvalue weighted by atomic mass is 10.0. The van der Waals surface area contributed by atoms with Crippen molar-refractivity contribution in [1.29, 1.82) is 0 Å². The van der Waals surface area contributed by atoms with Crippen LogP contribution in [0, 0.1) is 19.7 Å². The lowest BCUT2D eigenvalue weighted by Crippen LogP contribution is -2.31. The van der Waals surface area contributed by atoms with Gasteiger partial charge in [0.05, 0.1) is 17.7 Å². The van der Waals surface area contributed by atoms with Gasteiger partial charge in [-0.1, -0.05) is 13.8 Å². The predicted molar refractivity (Wildman–Crippen MR) is 128 cm³/mol. The molecule has 0 saturated carbocycles. The molecule has 3 N–H and O–H groups in total. The Labute approximate surface area is 193 Å². The van der Waals surface area contributed by atoms with Crippen molar-refractivity contribution in [2.75, 3.05) is 31.5 Å². The second kappa shape index (κ2) is 10.6. The molecule has 0 unspecified atom stereocenters. The fourth-order valence-electron chi connectivity index (χ4n) is 4.10. The number of H-pyrrole nitrogens is 1. The van der Waals surface area contributed by atoms with Gasteiger partial charge in [0.25, 0.3) is 11.8 Å². The van der Waals surface area contributed by atoms with Crippen molar-refractivity contribution in [2.24, 2.45) is 0 Å². The SMILES string of the molecule is CCN(CC)CCCC(=O)CNC(=O)c1c(C)[nH]c(/C=C2\C(=O)Nc3ccc(F)cc32)c1C. The quantitative estimate of drug-likeness (QED) is 0.478. The molecule has 0 radical (unpaired) electrons. The highest BCUT2D eigenvalue weighted by atomic mass is 19.1. The molecule has 7 nitrogen and oxygen atoms in total. The first-order valence-corrected chi connectivity index (χ1v) is 11.3. The molecule has 1 aromatic heterocycles. The maximum absolute atomic E-state index is 13.7. The third kappa shape index (κ3) is 5.57. The molecule has 2 amide bonds. The van der Waals surface area contributed by atoms with Crippen molar-refractivity contribution in [3.8, 4) is 0 Å². The summed E-state index contributed by atoms with van der Waals surface area (Å²) in [7, 11) is 0. The van der Waals surface area contributed by atoms with Crippen LogP contribution >= 0.6 is 0 Å². The van der Waals surface area contributed by atoms with Gasteiger partial charge in [-0.25, -0.2) is 4.39 Å². The number of nitrogens with one attached hydrogen (secondary N) is 3. The maximum atomic E-state index is 13.7. The summed E-state index contributed by atoms with van der Waals surface area (Å²) in [5, 5.41) is 5.43. The van der Waals surface area contributed by atoms with Gasteiger partial charge in [-0.2, -0.15) is 0 Å². The molecule has 2 heterocycles. The second-order valence-electron chi connectivity index (χ2n) is 8.22. The summed E-state index contributed by atoms with van der Waals surface area (Å²) >= 11 is 0. The number of aryl methyl sites for hydroxylation is 1. The third-order valence-electron chi connectivity index (χ3n) is 6.03. The molecule has 3 rings (SSSR count). The van der Waals surface area contributed by atoms with Gasteiger partial charge in [-0.05, 0) is 69.7 Å². The van der Waals surface area contributed by atoms with Crippen molar-refractivity contribution in [3.63, 3.8) is 0 Å². The number of anilines is 1. The van der Waals surface area contributed by atoms with Gasteiger partial charge < -0.3 is 20.5 Å².